The minimum absolute atomic E-state index is 0.0840. The maximum absolute atomic E-state index is 14.0. The van der Waals surface area contributed by atoms with Crippen molar-refractivity contribution >= 4 is 38.5 Å². The zero-order valence-electron chi connectivity index (χ0n) is 19.6. The first-order valence-corrected chi connectivity index (χ1v) is 12.2. The first-order valence-electron chi connectivity index (χ1n) is 12.2. The van der Waals surface area contributed by atoms with Gasteiger partial charge in [-0.2, -0.15) is 0 Å². The average Bonchev–Trinajstić information content (AvgIpc) is 2.94. The lowest BCUT2D eigenvalue weighted by atomic mass is 9.75. The maximum Gasteiger partial charge on any atom is 0.194 e. The molecule has 1 aliphatic carbocycles. The third kappa shape index (κ3) is 3.21. The molecule has 1 aliphatic rings. The molecule has 0 radical (unpaired) electrons. The highest BCUT2D eigenvalue weighted by Gasteiger charge is 2.30. The van der Waals surface area contributed by atoms with Crippen LogP contribution < -0.4 is 0 Å². The van der Waals surface area contributed by atoms with E-state index in [1.807, 2.05) is 24.3 Å². The fourth-order valence-corrected chi connectivity index (χ4v) is 5.49. The number of carbonyl (C=O) groups is 1. The van der Waals surface area contributed by atoms with E-state index >= 15 is 0 Å². The van der Waals surface area contributed by atoms with Gasteiger partial charge in [0.15, 0.2) is 5.78 Å². The van der Waals surface area contributed by atoms with Crippen molar-refractivity contribution in [1.82, 2.24) is 0 Å². The van der Waals surface area contributed by atoms with Crippen molar-refractivity contribution in [2.24, 2.45) is 0 Å². The molecule has 1 nitrogen and oxygen atoms in total. The van der Waals surface area contributed by atoms with Crippen LogP contribution in [-0.2, 0) is 0 Å². The molecule has 0 unspecified atom stereocenters. The molecule has 0 aromatic heterocycles. The molecule has 6 aromatic rings. The van der Waals surface area contributed by atoms with Gasteiger partial charge in [-0.1, -0.05) is 109 Å². The van der Waals surface area contributed by atoms with E-state index in [2.05, 4.69) is 109 Å². The molecule has 0 bridgehead atoms. The molecular formula is C35H22O. The molecule has 7 rings (SSSR count). The second kappa shape index (κ2) is 8.18. The lowest BCUT2D eigenvalue weighted by Crippen LogP contribution is -2.16. The van der Waals surface area contributed by atoms with Gasteiger partial charge < -0.3 is 0 Å². The predicted octanol–water partition coefficient (Wildman–Crippen LogP) is 8.54. The zero-order chi connectivity index (χ0) is 24.1. The number of fused-ring (bicyclic) bond motifs is 4. The molecule has 0 saturated heterocycles. The van der Waals surface area contributed by atoms with Crippen molar-refractivity contribution in [3.63, 3.8) is 0 Å². The Morgan fingerprint density at radius 2 is 0.722 bits per heavy atom. The molecule has 0 aliphatic heterocycles. The summed E-state index contributed by atoms with van der Waals surface area (Å²) in [6.45, 7) is 0. The Balaban J connectivity index is 1.69. The van der Waals surface area contributed by atoms with Gasteiger partial charge in [-0.25, -0.2) is 0 Å². The van der Waals surface area contributed by atoms with Crippen LogP contribution in [0.2, 0.25) is 0 Å². The summed E-state index contributed by atoms with van der Waals surface area (Å²) >= 11 is 0. The van der Waals surface area contributed by atoms with Gasteiger partial charge in [-0.15, -0.1) is 0 Å². The SMILES string of the molecule is O=C1c2cc3ccccc3cc2C(=C(c2ccccc2)c2ccccc2)c2cc3ccccc3cc21. The lowest BCUT2D eigenvalue weighted by Gasteiger charge is -2.26. The monoisotopic (exact) mass is 458 g/mol. The molecule has 1 heteroatoms. The number of benzene rings is 6. The number of rotatable bonds is 2. The van der Waals surface area contributed by atoms with Crippen LogP contribution in [0, 0.1) is 0 Å². The Kier molecular flexibility index (Phi) is 4.68. The van der Waals surface area contributed by atoms with Gasteiger partial charge >= 0.3 is 0 Å². The predicted molar refractivity (Wildman–Crippen MR) is 149 cm³/mol. The van der Waals surface area contributed by atoms with Crippen molar-refractivity contribution in [2.45, 2.75) is 0 Å². The number of ketones is 1. The molecule has 0 fully saturated rings. The average molecular weight is 459 g/mol. The van der Waals surface area contributed by atoms with Crippen LogP contribution in [0.15, 0.2) is 133 Å². The molecule has 0 saturated carbocycles. The van der Waals surface area contributed by atoms with Crippen molar-refractivity contribution in [3.8, 4) is 0 Å². The van der Waals surface area contributed by atoms with Crippen LogP contribution in [-0.4, -0.2) is 5.78 Å². The summed E-state index contributed by atoms with van der Waals surface area (Å²) < 4.78 is 0. The molecule has 0 N–H and O–H groups in total. The van der Waals surface area contributed by atoms with E-state index in [9.17, 15) is 4.79 Å². The minimum Gasteiger partial charge on any atom is -0.289 e. The number of hydrogen-bond donors (Lipinski definition) is 0. The van der Waals surface area contributed by atoms with Crippen molar-refractivity contribution < 1.29 is 4.79 Å². The third-order valence-corrected chi connectivity index (χ3v) is 7.17. The van der Waals surface area contributed by atoms with E-state index in [-0.39, 0.29) is 5.78 Å². The fraction of sp³-hybridized carbons (Fsp3) is 0. The van der Waals surface area contributed by atoms with Gasteiger partial charge in [0.2, 0.25) is 0 Å². The van der Waals surface area contributed by atoms with E-state index in [1.54, 1.807) is 0 Å². The van der Waals surface area contributed by atoms with E-state index < -0.39 is 0 Å². The molecule has 6 aromatic carbocycles. The van der Waals surface area contributed by atoms with Crippen molar-refractivity contribution in [3.05, 3.63) is 167 Å². The highest BCUT2D eigenvalue weighted by atomic mass is 16.1. The summed E-state index contributed by atoms with van der Waals surface area (Å²) in [7, 11) is 0. The van der Waals surface area contributed by atoms with Crippen LogP contribution >= 0.6 is 0 Å². The summed E-state index contributed by atoms with van der Waals surface area (Å²) in [6, 6.07) is 46.1. The molecule has 0 spiro atoms. The first kappa shape index (κ1) is 20.6. The summed E-state index contributed by atoms with van der Waals surface area (Å²) in [6.07, 6.45) is 0. The topological polar surface area (TPSA) is 17.1 Å². The Labute approximate surface area is 210 Å². The van der Waals surface area contributed by atoms with E-state index in [1.165, 1.54) is 0 Å². The van der Waals surface area contributed by atoms with Crippen molar-refractivity contribution in [1.29, 1.82) is 0 Å². The van der Waals surface area contributed by atoms with Gasteiger partial charge in [0, 0.05) is 11.1 Å². The molecule has 0 amide bonds. The quantitative estimate of drug-likeness (QED) is 0.254. The van der Waals surface area contributed by atoms with Crippen LogP contribution in [0.25, 0.3) is 32.7 Å². The van der Waals surface area contributed by atoms with Crippen LogP contribution in [0.1, 0.15) is 38.2 Å². The van der Waals surface area contributed by atoms with E-state index in [0.29, 0.717) is 0 Å². The normalized spacial score (nSPS) is 12.4. The molecule has 0 heterocycles. The summed E-state index contributed by atoms with van der Waals surface area (Å²) in [5.41, 5.74) is 8.00. The van der Waals surface area contributed by atoms with Crippen LogP contribution in [0.3, 0.4) is 0 Å². The maximum atomic E-state index is 14.0. The minimum atomic E-state index is 0.0840. The highest BCUT2D eigenvalue weighted by molar-refractivity contribution is 6.25. The Bertz CT molecular complexity index is 1690. The van der Waals surface area contributed by atoms with Crippen LogP contribution in [0.4, 0.5) is 0 Å². The van der Waals surface area contributed by atoms with Gasteiger partial charge in [0.25, 0.3) is 0 Å². The number of carbonyl (C=O) groups excluding carboxylic acids is 1. The third-order valence-electron chi connectivity index (χ3n) is 7.17. The largest absolute Gasteiger partial charge is 0.289 e. The highest BCUT2D eigenvalue weighted by Crippen LogP contribution is 2.45. The second-order valence-electron chi connectivity index (χ2n) is 9.30. The molecular weight excluding hydrogens is 436 g/mol. The van der Waals surface area contributed by atoms with Gasteiger partial charge in [-0.05, 0) is 79.2 Å². The summed E-state index contributed by atoms with van der Waals surface area (Å²) in [5.74, 6) is 0.0840. The molecule has 36 heavy (non-hydrogen) atoms. The van der Waals surface area contributed by atoms with Gasteiger partial charge in [0.05, 0.1) is 0 Å². The summed E-state index contributed by atoms with van der Waals surface area (Å²) in [4.78, 5) is 14.0. The first-order chi connectivity index (χ1) is 17.8. The standard InChI is InChI=1S/C35H22O/c36-35-31-21-27-17-9-7-15-25(27)19-29(31)34(30-20-26-16-8-10-18-28(26)22-32(30)35)33(23-11-3-1-4-12-23)24-13-5-2-6-14-24/h1-22H. The van der Waals surface area contributed by atoms with Crippen LogP contribution in [0.5, 0.6) is 0 Å². The Morgan fingerprint density at radius 3 is 1.11 bits per heavy atom. The lowest BCUT2D eigenvalue weighted by molar-refractivity contribution is 0.103. The van der Waals surface area contributed by atoms with Crippen molar-refractivity contribution in [2.75, 3.05) is 0 Å². The Morgan fingerprint density at radius 1 is 0.389 bits per heavy atom. The summed E-state index contributed by atoms with van der Waals surface area (Å²) in [5, 5.41) is 4.42. The number of hydrogen-bond acceptors (Lipinski definition) is 1. The van der Waals surface area contributed by atoms with E-state index in [0.717, 1.165) is 66.1 Å². The molecule has 0 atom stereocenters. The fourth-order valence-electron chi connectivity index (χ4n) is 5.49. The smallest absolute Gasteiger partial charge is 0.194 e. The Hall–Kier alpha value is -4.75. The molecule has 168 valence electrons. The second-order valence-corrected chi connectivity index (χ2v) is 9.30. The van der Waals surface area contributed by atoms with Gasteiger partial charge in [0.1, 0.15) is 0 Å². The van der Waals surface area contributed by atoms with Gasteiger partial charge in [-0.3, -0.25) is 4.79 Å². The van der Waals surface area contributed by atoms with E-state index in [4.69, 9.17) is 0 Å². The zero-order valence-corrected chi connectivity index (χ0v) is 19.6.